The topological polar surface area (TPSA) is 74.4 Å². The first-order valence-electron chi connectivity index (χ1n) is 9.25. The van der Waals surface area contributed by atoms with Crippen molar-refractivity contribution < 1.29 is 27.1 Å². The summed E-state index contributed by atoms with van der Waals surface area (Å²) in [6.07, 6.45) is -7.35. The van der Waals surface area contributed by atoms with Gasteiger partial charge in [-0.25, -0.2) is 8.78 Å². The van der Waals surface area contributed by atoms with Gasteiger partial charge < -0.3 is 15.7 Å². The molecule has 1 saturated heterocycles. The third-order valence-corrected chi connectivity index (χ3v) is 5.14. The smallest absolute Gasteiger partial charge is 0.377 e. The first-order chi connectivity index (χ1) is 13.6. The maximum Gasteiger partial charge on any atom is 0.407 e. The van der Waals surface area contributed by atoms with Crippen molar-refractivity contribution in [2.45, 2.75) is 44.3 Å². The van der Waals surface area contributed by atoms with Crippen molar-refractivity contribution >= 4 is 16.6 Å². The maximum atomic E-state index is 13.3. The van der Waals surface area contributed by atoms with E-state index in [0.29, 0.717) is 30.6 Å². The minimum absolute atomic E-state index is 0.0945. The third kappa shape index (κ3) is 4.76. The molecule has 5 nitrogen and oxygen atoms in total. The Morgan fingerprint density at radius 3 is 2.62 bits per heavy atom. The number of aromatic nitrogens is 1. The molecule has 29 heavy (non-hydrogen) atoms. The summed E-state index contributed by atoms with van der Waals surface area (Å²) in [5.41, 5.74) is 5.78. The standard InChI is InChI=1S/C19H23F5N4O/c1-10-7-11(27-18(29)16(25)19(22,23)24)9-28(8-10)14-5-4-13(17(20)21)15-12(14)3-2-6-26-15/h2-6,10-11,16-18,27,29H,7-9,25H2,1H3/t10-,11+,16?,18?/m0/s1. The molecule has 1 fully saturated rings. The third-order valence-electron chi connectivity index (χ3n) is 5.14. The van der Waals surface area contributed by atoms with Crippen LogP contribution in [0.25, 0.3) is 10.9 Å². The molecule has 2 heterocycles. The summed E-state index contributed by atoms with van der Waals surface area (Å²) >= 11 is 0. The zero-order chi connectivity index (χ0) is 21.3. The first-order valence-corrected chi connectivity index (χ1v) is 9.25. The number of benzene rings is 1. The van der Waals surface area contributed by atoms with E-state index < -0.39 is 30.9 Å². The van der Waals surface area contributed by atoms with Crippen LogP contribution in [0.2, 0.25) is 0 Å². The predicted octanol–water partition coefficient (Wildman–Crippen LogP) is 3.18. The van der Waals surface area contributed by atoms with Crippen molar-refractivity contribution in [2.24, 2.45) is 11.7 Å². The van der Waals surface area contributed by atoms with E-state index in [1.807, 2.05) is 11.8 Å². The van der Waals surface area contributed by atoms with E-state index >= 15 is 0 Å². The number of aliphatic hydroxyl groups is 1. The van der Waals surface area contributed by atoms with Crippen LogP contribution in [0, 0.1) is 5.92 Å². The Morgan fingerprint density at radius 2 is 1.97 bits per heavy atom. The Balaban J connectivity index is 1.85. The van der Waals surface area contributed by atoms with Gasteiger partial charge in [-0.3, -0.25) is 10.3 Å². The molecule has 0 saturated carbocycles. The normalized spacial score (nSPS) is 22.9. The Morgan fingerprint density at radius 1 is 1.24 bits per heavy atom. The molecular weight excluding hydrogens is 395 g/mol. The Kier molecular flexibility index (Phi) is 6.25. The molecule has 10 heteroatoms. The zero-order valence-corrected chi connectivity index (χ0v) is 15.7. The van der Waals surface area contributed by atoms with Crippen molar-refractivity contribution in [3.8, 4) is 0 Å². The van der Waals surface area contributed by atoms with Crippen LogP contribution in [-0.4, -0.2) is 47.7 Å². The summed E-state index contributed by atoms with van der Waals surface area (Å²) in [5, 5.41) is 13.0. The number of piperidine rings is 1. The molecule has 0 amide bonds. The molecule has 160 valence electrons. The molecule has 1 aliphatic heterocycles. The summed E-state index contributed by atoms with van der Waals surface area (Å²) in [4.78, 5) is 6.00. The van der Waals surface area contributed by atoms with Gasteiger partial charge in [-0.2, -0.15) is 13.2 Å². The van der Waals surface area contributed by atoms with E-state index in [1.165, 1.54) is 12.3 Å². The van der Waals surface area contributed by atoms with E-state index in [9.17, 15) is 27.1 Å². The number of nitrogens with two attached hydrogens (primary N) is 1. The lowest BCUT2D eigenvalue weighted by molar-refractivity contribution is -0.173. The molecule has 1 aliphatic rings. The lowest BCUT2D eigenvalue weighted by atomic mass is 9.94. The number of halogens is 5. The van der Waals surface area contributed by atoms with Gasteiger partial charge in [0.1, 0.15) is 12.3 Å². The van der Waals surface area contributed by atoms with Crippen molar-refractivity contribution in [3.05, 3.63) is 36.0 Å². The summed E-state index contributed by atoms with van der Waals surface area (Å²) in [6, 6.07) is 3.40. The highest BCUT2D eigenvalue weighted by atomic mass is 19.4. The van der Waals surface area contributed by atoms with Gasteiger partial charge in [-0.05, 0) is 36.6 Å². The summed E-state index contributed by atoms with van der Waals surface area (Å²) in [7, 11) is 0. The SMILES string of the molecule is C[C@H]1C[C@@H](NC(O)C(N)C(F)(F)F)CN(c2ccc(C(F)F)c3ncccc23)C1. The number of hydrogen-bond donors (Lipinski definition) is 3. The van der Waals surface area contributed by atoms with Crippen LogP contribution in [0.1, 0.15) is 25.3 Å². The highest BCUT2D eigenvalue weighted by molar-refractivity contribution is 5.94. The molecule has 2 aromatic rings. The van der Waals surface area contributed by atoms with E-state index in [-0.39, 0.29) is 17.0 Å². The lowest BCUT2D eigenvalue weighted by Crippen LogP contribution is -2.59. The molecule has 1 aromatic carbocycles. The number of anilines is 1. The van der Waals surface area contributed by atoms with Crippen LogP contribution in [0.15, 0.2) is 30.5 Å². The second-order valence-electron chi connectivity index (χ2n) is 7.50. The van der Waals surface area contributed by atoms with E-state index in [2.05, 4.69) is 10.3 Å². The van der Waals surface area contributed by atoms with Crippen molar-refractivity contribution in [2.75, 3.05) is 18.0 Å². The van der Waals surface area contributed by atoms with Crippen LogP contribution in [0.5, 0.6) is 0 Å². The van der Waals surface area contributed by atoms with Crippen LogP contribution in [-0.2, 0) is 0 Å². The molecule has 0 radical (unpaired) electrons. The molecule has 0 aliphatic carbocycles. The average molecular weight is 418 g/mol. The second-order valence-corrected chi connectivity index (χ2v) is 7.50. The van der Waals surface area contributed by atoms with Gasteiger partial charge in [0.2, 0.25) is 0 Å². The highest BCUT2D eigenvalue weighted by Gasteiger charge is 2.42. The highest BCUT2D eigenvalue weighted by Crippen LogP contribution is 2.35. The minimum atomic E-state index is -4.72. The number of rotatable bonds is 5. The summed E-state index contributed by atoms with van der Waals surface area (Å²) < 4.78 is 64.9. The van der Waals surface area contributed by atoms with Gasteiger partial charge in [-0.15, -0.1) is 0 Å². The fourth-order valence-electron chi connectivity index (χ4n) is 3.82. The first kappa shape index (κ1) is 21.7. The number of fused-ring (bicyclic) bond motifs is 1. The fraction of sp³-hybridized carbons (Fsp3) is 0.526. The zero-order valence-electron chi connectivity index (χ0n) is 15.7. The van der Waals surface area contributed by atoms with Crippen LogP contribution >= 0.6 is 0 Å². The molecule has 1 aromatic heterocycles. The van der Waals surface area contributed by atoms with Gasteiger partial charge in [0.25, 0.3) is 6.43 Å². The minimum Gasteiger partial charge on any atom is -0.377 e. The van der Waals surface area contributed by atoms with Gasteiger partial charge in [-0.1, -0.05) is 6.92 Å². The molecule has 3 rings (SSSR count). The lowest BCUT2D eigenvalue weighted by Gasteiger charge is -2.40. The van der Waals surface area contributed by atoms with E-state index in [0.717, 1.165) is 0 Å². The van der Waals surface area contributed by atoms with E-state index in [1.54, 1.807) is 18.2 Å². The Bertz CT molecular complexity index is 847. The predicted molar refractivity (Wildman–Crippen MR) is 99.7 cm³/mol. The summed E-state index contributed by atoms with van der Waals surface area (Å²) in [6.45, 7) is 2.83. The second kappa shape index (κ2) is 8.37. The number of pyridine rings is 1. The number of alkyl halides is 5. The van der Waals surface area contributed by atoms with Gasteiger partial charge in [0, 0.05) is 42.0 Å². The molecular formula is C19H23F5N4O. The largest absolute Gasteiger partial charge is 0.407 e. The molecule has 2 unspecified atom stereocenters. The fourth-order valence-corrected chi connectivity index (χ4v) is 3.82. The van der Waals surface area contributed by atoms with Crippen molar-refractivity contribution in [3.63, 3.8) is 0 Å². The monoisotopic (exact) mass is 418 g/mol. The van der Waals surface area contributed by atoms with E-state index in [4.69, 9.17) is 5.73 Å². The molecule has 0 bridgehead atoms. The quantitative estimate of drug-likeness (QED) is 0.514. The number of nitrogens with one attached hydrogen (secondary N) is 1. The van der Waals surface area contributed by atoms with Crippen LogP contribution in [0.3, 0.4) is 0 Å². The van der Waals surface area contributed by atoms with Crippen molar-refractivity contribution in [1.82, 2.24) is 10.3 Å². The number of hydrogen-bond acceptors (Lipinski definition) is 5. The maximum absolute atomic E-state index is 13.3. The van der Waals surface area contributed by atoms with Gasteiger partial charge in [0.15, 0.2) is 0 Å². The average Bonchev–Trinajstić information content (AvgIpc) is 2.65. The van der Waals surface area contributed by atoms with Crippen LogP contribution in [0.4, 0.5) is 27.6 Å². The van der Waals surface area contributed by atoms with Gasteiger partial charge in [0.05, 0.1) is 5.52 Å². The Labute approximate surface area is 164 Å². The number of aliphatic hydroxyl groups excluding tert-OH is 1. The molecule has 4 atom stereocenters. The number of nitrogens with zero attached hydrogens (tertiary/aromatic N) is 2. The van der Waals surface area contributed by atoms with Crippen molar-refractivity contribution in [1.29, 1.82) is 0 Å². The molecule has 4 N–H and O–H groups in total. The summed E-state index contributed by atoms with van der Waals surface area (Å²) in [5.74, 6) is 0.0945. The Hall–Kier alpha value is -2.04. The molecule has 0 spiro atoms. The van der Waals surface area contributed by atoms with Gasteiger partial charge >= 0.3 is 6.18 Å². The van der Waals surface area contributed by atoms with Crippen LogP contribution < -0.4 is 16.0 Å².